The van der Waals surface area contributed by atoms with Crippen LogP contribution in [0.3, 0.4) is 0 Å². The van der Waals surface area contributed by atoms with Gasteiger partial charge in [-0.05, 0) is 42.5 Å². The van der Waals surface area contributed by atoms with Crippen molar-refractivity contribution >= 4 is 35.2 Å². The lowest BCUT2D eigenvalue weighted by molar-refractivity contribution is 0.0601. The van der Waals surface area contributed by atoms with Crippen LogP contribution >= 0.6 is 12.2 Å². The SMILES string of the molecule is COC(=O)c1ccc(NC(=S)N/N=C/c2cccnc2)cc1. The predicted molar refractivity (Wildman–Crippen MR) is 89.0 cm³/mol. The number of hydrazone groups is 1. The van der Waals surface area contributed by atoms with Crippen LogP contribution in [0.2, 0.25) is 0 Å². The number of carbonyl (C=O) groups is 1. The van der Waals surface area contributed by atoms with Gasteiger partial charge in [0.15, 0.2) is 5.11 Å². The number of nitrogens with zero attached hydrogens (tertiary/aromatic N) is 2. The van der Waals surface area contributed by atoms with Crippen molar-refractivity contribution < 1.29 is 9.53 Å². The second kappa shape index (κ2) is 7.84. The number of rotatable bonds is 4. The van der Waals surface area contributed by atoms with Gasteiger partial charge in [0.25, 0.3) is 0 Å². The standard InChI is InChI=1S/C15H14N4O2S/c1-21-14(20)12-4-6-13(7-5-12)18-15(22)19-17-10-11-3-2-8-16-9-11/h2-10H,1H3,(H2,18,19,22)/b17-10+. The smallest absolute Gasteiger partial charge is 0.337 e. The third-order valence-corrected chi connectivity index (χ3v) is 2.82. The summed E-state index contributed by atoms with van der Waals surface area (Å²) < 4.78 is 4.63. The van der Waals surface area contributed by atoms with E-state index in [2.05, 4.69) is 25.6 Å². The lowest BCUT2D eigenvalue weighted by Crippen LogP contribution is -2.23. The van der Waals surface area contributed by atoms with E-state index in [0.29, 0.717) is 10.7 Å². The summed E-state index contributed by atoms with van der Waals surface area (Å²) in [6, 6.07) is 10.4. The molecule has 0 radical (unpaired) electrons. The summed E-state index contributed by atoms with van der Waals surface area (Å²) in [6.07, 6.45) is 4.99. The van der Waals surface area contributed by atoms with Crippen LogP contribution < -0.4 is 10.7 Å². The van der Waals surface area contributed by atoms with Gasteiger partial charge in [-0.1, -0.05) is 6.07 Å². The second-order valence-electron chi connectivity index (χ2n) is 4.18. The van der Waals surface area contributed by atoms with Crippen molar-refractivity contribution in [3.8, 4) is 0 Å². The first-order valence-corrected chi connectivity index (χ1v) is 6.78. The number of benzene rings is 1. The van der Waals surface area contributed by atoms with Gasteiger partial charge in [-0.15, -0.1) is 0 Å². The molecule has 2 aromatic rings. The first-order valence-electron chi connectivity index (χ1n) is 6.37. The topological polar surface area (TPSA) is 75.6 Å². The predicted octanol–water partition coefficient (Wildman–Crippen LogP) is 2.19. The highest BCUT2D eigenvalue weighted by atomic mass is 32.1. The van der Waals surface area contributed by atoms with Crippen molar-refractivity contribution in [3.63, 3.8) is 0 Å². The van der Waals surface area contributed by atoms with Crippen LogP contribution in [-0.4, -0.2) is 29.4 Å². The molecular weight excluding hydrogens is 300 g/mol. The largest absolute Gasteiger partial charge is 0.465 e. The van der Waals surface area contributed by atoms with Crippen molar-refractivity contribution in [2.24, 2.45) is 5.10 Å². The van der Waals surface area contributed by atoms with Crippen LogP contribution in [0.25, 0.3) is 0 Å². The monoisotopic (exact) mass is 314 g/mol. The first kappa shape index (κ1) is 15.6. The molecule has 2 N–H and O–H groups in total. The molecule has 7 heteroatoms. The maximum absolute atomic E-state index is 11.3. The molecule has 0 fully saturated rings. The van der Waals surface area contributed by atoms with E-state index in [1.807, 2.05) is 12.1 Å². The highest BCUT2D eigenvalue weighted by molar-refractivity contribution is 7.80. The summed E-state index contributed by atoms with van der Waals surface area (Å²) in [5, 5.41) is 7.29. The number of methoxy groups -OCH3 is 1. The van der Waals surface area contributed by atoms with Crippen molar-refractivity contribution in [2.75, 3.05) is 12.4 Å². The molecular formula is C15H14N4O2S. The Bertz CT molecular complexity index is 672. The fourth-order valence-corrected chi connectivity index (χ4v) is 1.75. The molecule has 2 rings (SSSR count). The molecule has 0 saturated heterocycles. The van der Waals surface area contributed by atoms with Crippen LogP contribution in [0.15, 0.2) is 53.9 Å². The average molecular weight is 314 g/mol. The molecule has 0 bridgehead atoms. The summed E-state index contributed by atoms with van der Waals surface area (Å²) in [5.41, 5.74) is 4.77. The van der Waals surface area contributed by atoms with Crippen molar-refractivity contribution in [2.45, 2.75) is 0 Å². The number of pyridine rings is 1. The van der Waals surface area contributed by atoms with E-state index in [4.69, 9.17) is 12.2 Å². The minimum atomic E-state index is -0.381. The van der Waals surface area contributed by atoms with Crippen LogP contribution in [0.5, 0.6) is 0 Å². The molecule has 0 unspecified atom stereocenters. The number of hydrogen-bond acceptors (Lipinski definition) is 5. The normalized spacial score (nSPS) is 10.2. The summed E-state index contributed by atoms with van der Waals surface area (Å²) in [6.45, 7) is 0. The third kappa shape index (κ3) is 4.64. The first-order chi connectivity index (χ1) is 10.7. The average Bonchev–Trinajstić information content (AvgIpc) is 2.56. The number of carbonyl (C=O) groups excluding carboxylic acids is 1. The lowest BCUT2D eigenvalue weighted by Gasteiger charge is -2.07. The van der Waals surface area contributed by atoms with Crippen LogP contribution in [0.4, 0.5) is 5.69 Å². The zero-order valence-corrected chi connectivity index (χ0v) is 12.6. The highest BCUT2D eigenvalue weighted by Crippen LogP contribution is 2.10. The van der Waals surface area contributed by atoms with Crippen LogP contribution in [0.1, 0.15) is 15.9 Å². The molecule has 0 aliphatic rings. The zero-order valence-electron chi connectivity index (χ0n) is 11.8. The summed E-state index contributed by atoms with van der Waals surface area (Å²) in [4.78, 5) is 15.3. The highest BCUT2D eigenvalue weighted by Gasteiger charge is 2.04. The van der Waals surface area contributed by atoms with Gasteiger partial charge in [-0.25, -0.2) is 4.79 Å². The van der Waals surface area contributed by atoms with Crippen molar-refractivity contribution in [1.29, 1.82) is 0 Å². The van der Waals surface area contributed by atoms with E-state index in [1.54, 1.807) is 42.9 Å². The van der Waals surface area contributed by atoms with Crippen molar-refractivity contribution in [1.82, 2.24) is 10.4 Å². The molecule has 0 aliphatic heterocycles. The number of anilines is 1. The van der Waals surface area contributed by atoms with Gasteiger partial charge in [0.1, 0.15) is 0 Å². The third-order valence-electron chi connectivity index (χ3n) is 2.63. The summed E-state index contributed by atoms with van der Waals surface area (Å²) in [7, 11) is 1.34. The lowest BCUT2D eigenvalue weighted by atomic mass is 10.2. The van der Waals surface area contributed by atoms with E-state index in [-0.39, 0.29) is 5.97 Å². The molecule has 112 valence electrons. The van der Waals surface area contributed by atoms with Gasteiger partial charge in [0, 0.05) is 23.6 Å². The molecule has 1 aromatic heterocycles. The Morgan fingerprint density at radius 3 is 2.73 bits per heavy atom. The molecule has 0 spiro atoms. The summed E-state index contributed by atoms with van der Waals surface area (Å²) >= 11 is 5.12. The number of esters is 1. The quantitative estimate of drug-likeness (QED) is 0.390. The van der Waals surface area contributed by atoms with Crippen LogP contribution in [0, 0.1) is 0 Å². The van der Waals surface area contributed by atoms with Gasteiger partial charge in [-0.2, -0.15) is 5.10 Å². The summed E-state index contributed by atoms with van der Waals surface area (Å²) in [5.74, 6) is -0.381. The van der Waals surface area contributed by atoms with Crippen molar-refractivity contribution in [3.05, 3.63) is 59.9 Å². The van der Waals surface area contributed by atoms with E-state index in [9.17, 15) is 4.79 Å². The van der Waals surface area contributed by atoms with Crippen LogP contribution in [-0.2, 0) is 4.74 Å². The fraction of sp³-hybridized carbons (Fsp3) is 0.0667. The molecule has 1 aromatic carbocycles. The van der Waals surface area contributed by atoms with Gasteiger partial charge in [0.2, 0.25) is 0 Å². The molecule has 6 nitrogen and oxygen atoms in total. The number of ether oxygens (including phenoxy) is 1. The Kier molecular flexibility index (Phi) is 5.56. The molecule has 1 heterocycles. The maximum atomic E-state index is 11.3. The van der Waals surface area contributed by atoms with E-state index in [1.165, 1.54) is 7.11 Å². The Hall–Kier alpha value is -2.80. The Balaban J connectivity index is 1.87. The molecule has 0 aliphatic carbocycles. The molecule has 0 saturated carbocycles. The number of aromatic nitrogens is 1. The Morgan fingerprint density at radius 2 is 2.09 bits per heavy atom. The second-order valence-corrected chi connectivity index (χ2v) is 4.59. The molecule has 0 amide bonds. The minimum absolute atomic E-state index is 0.339. The van der Waals surface area contributed by atoms with E-state index in [0.717, 1.165) is 11.3 Å². The Labute approximate surface area is 133 Å². The van der Waals surface area contributed by atoms with Gasteiger partial charge >= 0.3 is 5.97 Å². The maximum Gasteiger partial charge on any atom is 0.337 e. The number of hydrogen-bond donors (Lipinski definition) is 2. The van der Waals surface area contributed by atoms with E-state index < -0.39 is 0 Å². The van der Waals surface area contributed by atoms with Gasteiger partial charge < -0.3 is 10.1 Å². The molecule has 22 heavy (non-hydrogen) atoms. The fourth-order valence-electron chi connectivity index (χ4n) is 1.58. The minimum Gasteiger partial charge on any atom is -0.465 e. The number of nitrogens with one attached hydrogen (secondary N) is 2. The van der Waals surface area contributed by atoms with E-state index >= 15 is 0 Å². The van der Waals surface area contributed by atoms with Gasteiger partial charge in [-0.3, -0.25) is 10.4 Å². The van der Waals surface area contributed by atoms with Gasteiger partial charge in [0.05, 0.1) is 18.9 Å². The zero-order chi connectivity index (χ0) is 15.8. The molecule has 0 atom stereocenters. The number of thiocarbonyl (C=S) groups is 1. The Morgan fingerprint density at radius 1 is 1.32 bits per heavy atom.